The van der Waals surface area contributed by atoms with Crippen LogP contribution in [0.25, 0.3) is 0 Å². The SMILES string of the molecule is CS[C@H](C)CN(CC(C)C)C(C)C. The van der Waals surface area contributed by atoms with Crippen molar-refractivity contribution in [1.82, 2.24) is 4.90 Å². The molecule has 80 valence electrons. The molecule has 1 atom stereocenters. The molecule has 13 heavy (non-hydrogen) atoms. The molecule has 0 spiro atoms. The Morgan fingerprint density at radius 1 is 1.00 bits per heavy atom. The molecule has 2 heteroatoms. The Kier molecular flexibility index (Phi) is 6.88. The van der Waals surface area contributed by atoms with E-state index in [0.717, 1.165) is 11.2 Å². The lowest BCUT2D eigenvalue weighted by molar-refractivity contribution is 0.200. The maximum absolute atomic E-state index is 2.58. The van der Waals surface area contributed by atoms with E-state index in [1.165, 1.54) is 13.1 Å². The molecule has 0 rings (SSSR count). The van der Waals surface area contributed by atoms with E-state index in [0.29, 0.717) is 6.04 Å². The minimum Gasteiger partial charge on any atom is -0.300 e. The van der Waals surface area contributed by atoms with Gasteiger partial charge in [0, 0.05) is 24.4 Å². The molecule has 0 aliphatic carbocycles. The molecular weight excluding hydrogens is 178 g/mol. The largest absolute Gasteiger partial charge is 0.300 e. The summed E-state index contributed by atoms with van der Waals surface area (Å²) in [5, 5.41) is 0.751. The van der Waals surface area contributed by atoms with Crippen molar-refractivity contribution in [3.05, 3.63) is 0 Å². The second-order valence-corrected chi connectivity index (χ2v) is 5.76. The molecule has 0 heterocycles. The molecule has 0 aliphatic heterocycles. The summed E-state index contributed by atoms with van der Waals surface area (Å²) < 4.78 is 0. The summed E-state index contributed by atoms with van der Waals surface area (Å²) in [5.41, 5.74) is 0. The zero-order valence-corrected chi connectivity index (χ0v) is 10.8. The van der Waals surface area contributed by atoms with Crippen LogP contribution >= 0.6 is 11.8 Å². The van der Waals surface area contributed by atoms with Gasteiger partial charge in [0.25, 0.3) is 0 Å². The predicted molar refractivity (Wildman–Crippen MR) is 64.5 cm³/mol. The van der Waals surface area contributed by atoms with Crippen LogP contribution in [0.5, 0.6) is 0 Å². The number of thioether (sulfide) groups is 1. The summed E-state index contributed by atoms with van der Waals surface area (Å²) in [4.78, 5) is 2.58. The Labute approximate surface area is 88.3 Å². The molecule has 0 aliphatic rings. The van der Waals surface area contributed by atoms with Gasteiger partial charge in [-0.3, -0.25) is 4.90 Å². The van der Waals surface area contributed by atoms with Gasteiger partial charge in [-0.1, -0.05) is 20.8 Å². The molecule has 0 amide bonds. The summed E-state index contributed by atoms with van der Waals surface area (Å²) in [6, 6.07) is 0.678. The van der Waals surface area contributed by atoms with Gasteiger partial charge in [0.1, 0.15) is 0 Å². The molecule has 0 saturated carbocycles. The van der Waals surface area contributed by atoms with Crippen molar-refractivity contribution in [2.45, 2.75) is 45.9 Å². The second-order valence-electron chi connectivity index (χ2n) is 4.49. The van der Waals surface area contributed by atoms with Crippen LogP contribution in [0.3, 0.4) is 0 Å². The highest BCUT2D eigenvalue weighted by Crippen LogP contribution is 2.11. The topological polar surface area (TPSA) is 3.24 Å². The highest BCUT2D eigenvalue weighted by molar-refractivity contribution is 7.99. The van der Waals surface area contributed by atoms with Crippen LogP contribution in [-0.2, 0) is 0 Å². The fourth-order valence-electron chi connectivity index (χ4n) is 1.37. The Balaban J connectivity index is 3.94. The fraction of sp³-hybridized carbons (Fsp3) is 1.00. The minimum atomic E-state index is 0.678. The summed E-state index contributed by atoms with van der Waals surface area (Å²) in [6.45, 7) is 13.9. The zero-order chi connectivity index (χ0) is 10.4. The molecule has 0 aromatic heterocycles. The normalized spacial score (nSPS) is 14.5. The number of hydrogen-bond acceptors (Lipinski definition) is 2. The van der Waals surface area contributed by atoms with Gasteiger partial charge in [0.2, 0.25) is 0 Å². The quantitative estimate of drug-likeness (QED) is 0.652. The first kappa shape index (κ1) is 13.3. The molecular formula is C11H25NS. The van der Waals surface area contributed by atoms with E-state index in [4.69, 9.17) is 0 Å². The molecule has 0 fully saturated rings. The molecule has 0 bridgehead atoms. The van der Waals surface area contributed by atoms with Crippen LogP contribution in [0, 0.1) is 5.92 Å². The third-order valence-corrected chi connectivity index (χ3v) is 3.18. The Morgan fingerprint density at radius 2 is 1.54 bits per heavy atom. The van der Waals surface area contributed by atoms with E-state index in [1.807, 2.05) is 11.8 Å². The summed E-state index contributed by atoms with van der Waals surface area (Å²) in [7, 11) is 0. The average molecular weight is 203 g/mol. The molecule has 1 nitrogen and oxygen atoms in total. The van der Waals surface area contributed by atoms with E-state index in [9.17, 15) is 0 Å². The van der Waals surface area contributed by atoms with Gasteiger partial charge in [-0.15, -0.1) is 0 Å². The third-order valence-electron chi connectivity index (χ3n) is 2.22. The minimum absolute atomic E-state index is 0.678. The standard InChI is InChI=1S/C11H25NS/c1-9(2)7-12(10(3)4)8-11(5)13-6/h9-11H,7-8H2,1-6H3/t11-/m1/s1. The number of hydrogen-bond donors (Lipinski definition) is 0. The van der Waals surface area contributed by atoms with Crippen molar-refractivity contribution in [2.75, 3.05) is 19.3 Å². The smallest absolute Gasteiger partial charge is 0.0144 e. The molecule has 0 radical (unpaired) electrons. The Hall–Kier alpha value is 0.310. The monoisotopic (exact) mass is 203 g/mol. The second kappa shape index (κ2) is 6.72. The Morgan fingerprint density at radius 3 is 1.85 bits per heavy atom. The molecule has 0 saturated heterocycles. The van der Waals surface area contributed by atoms with Gasteiger partial charge < -0.3 is 0 Å². The first-order valence-corrected chi connectivity index (χ1v) is 6.53. The highest BCUT2D eigenvalue weighted by atomic mass is 32.2. The van der Waals surface area contributed by atoms with Crippen molar-refractivity contribution in [3.63, 3.8) is 0 Å². The van der Waals surface area contributed by atoms with E-state index < -0.39 is 0 Å². The fourth-order valence-corrected chi connectivity index (χ4v) is 1.71. The van der Waals surface area contributed by atoms with E-state index in [2.05, 4.69) is 45.8 Å². The van der Waals surface area contributed by atoms with Gasteiger partial charge in [-0.05, 0) is 26.0 Å². The van der Waals surface area contributed by atoms with Crippen LogP contribution in [0.1, 0.15) is 34.6 Å². The van der Waals surface area contributed by atoms with Crippen molar-refractivity contribution in [2.24, 2.45) is 5.92 Å². The average Bonchev–Trinajstić information content (AvgIpc) is 2.02. The third kappa shape index (κ3) is 6.39. The van der Waals surface area contributed by atoms with Gasteiger partial charge in [-0.25, -0.2) is 0 Å². The molecule has 0 aromatic rings. The lowest BCUT2D eigenvalue weighted by Gasteiger charge is -2.30. The van der Waals surface area contributed by atoms with E-state index in [1.54, 1.807) is 0 Å². The summed E-state index contributed by atoms with van der Waals surface area (Å²) in [6.07, 6.45) is 2.19. The van der Waals surface area contributed by atoms with Crippen molar-refractivity contribution < 1.29 is 0 Å². The molecule has 0 N–H and O–H groups in total. The Bertz CT molecular complexity index is 123. The van der Waals surface area contributed by atoms with Crippen molar-refractivity contribution >= 4 is 11.8 Å². The van der Waals surface area contributed by atoms with Gasteiger partial charge in [-0.2, -0.15) is 11.8 Å². The lowest BCUT2D eigenvalue weighted by Crippen LogP contribution is -2.38. The van der Waals surface area contributed by atoms with E-state index >= 15 is 0 Å². The van der Waals surface area contributed by atoms with Crippen LogP contribution < -0.4 is 0 Å². The van der Waals surface area contributed by atoms with Gasteiger partial charge >= 0.3 is 0 Å². The van der Waals surface area contributed by atoms with Crippen LogP contribution in [0.2, 0.25) is 0 Å². The highest BCUT2D eigenvalue weighted by Gasteiger charge is 2.13. The van der Waals surface area contributed by atoms with Crippen LogP contribution in [-0.4, -0.2) is 35.5 Å². The maximum Gasteiger partial charge on any atom is 0.0144 e. The summed E-state index contributed by atoms with van der Waals surface area (Å²) >= 11 is 1.96. The predicted octanol–water partition coefficient (Wildman–Crippen LogP) is 3.10. The molecule has 0 aromatic carbocycles. The first-order valence-electron chi connectivity index (χ1n) is 5.24. The number of nitrogens with zero attached hydrogens (tertiary/aromatic N) is 1. The van der Waals surface area contributed by atoms with E-state index in [-0.39, 0.29) is 0 Å². The van der Waals surface area contributed by atoms with Crippen molar-refractivity contribution in [3.8, 4) is 0 Å². The molecule has 0 unspecified atom stereocenters. The van der Waals surface area contributed by atoms with Crippen LogP contribution in [0.4, 0.5) is 0 Å². The summed E-state index contributed by atoms with van der Waals surface area (Å²) in [5.74, 6) is 0.774. The van der Waals surface area contributed by atoms with Gasteiger partial charge in [0.05, 0.1) is 0 Å². The number of rotatable bonds is 6. The van der Waals surface area contributed by atoms with Gasteiger partial charge in [0.15, 0.2) is 0 Å². The van der Waals surface area contributed by atoms with Crippen molar-refractivity contribution in [1.29, 1.82) is 0 Å². The zero-order valence-electron chi connectivity index (χ0n) is 10.0. The first-order chi connectivity index (χ1) is 5.97. The van der Waals surface area contributed by atoms with Crippen LogP contribution in [0.15, 0.2) is 0 Å². The maximum atomic E-state index is 2.58. The lowest BCUT2D eigenvalue weighted by atomic mass is 10.1.